The third-order valence-electron chi connectivity index (χ3n) is 4.03. The Labute approximate surface area is 157 Å². The van der Waals surface area contributed by atoms with Crippen LogP contribution in [0.25, 0.3) is 21.9 Å². The van der Waals surface area contributed by atoms with Gasteiger partial charge >= 0.3 is 0 Å². The quantitative estimate of drug-likeness (QED) is 0.429. The molecule has 4 aromatic rings. The van der Waals surface area contributed by atoms with Gasteiger partial charge in [0, 0.05) is 26.0 Å². The number of carbonyl (C=O) groups is 1. The Kier molecular flexibility index (Phi) is 4.09. The van der Waals surface area contributed by atoms with Crippen molar-refractivity contribution in [2.45, 2.75) is 0 Å². The van der Waals surface area contributed by atoms with E-state index in [1.807, 2.05) is 48.5 Å². The van der Waals surface area contributed by atoms with Crippen LogP contribution in [-0.2, 0) is 0 Å². The van der Waals surface area contributed by atoms with Gasteiger partial charge in [-0.05, 0) is 52.9 Å². The number of rotatable bonds is 3. The molecule has 0 aliphatic rings. The highest BCUT2D eigenvalue weighted by Gasteiger charge is 2.15. The van der Waals surface area contributed by atoms with Gasteiger partial charge in [-0.15, -0.1) is 0 Å². The highest BCUT2D eigenvalue weighted by atomic mass is 127. The number of ether oxygens (including phenoxy) is 1. The molecule has 0 aliphatic carbocycles. The molecule has 1 heterocycles. The Bertz CT molecular complexity index is 1100. The number of amides is 1. The molecule has 5 heteroatoms. The fourth-order valence-corrected chi connectivity index (χ4v) is 3.39. The van der Waals surface area contributed by atoms with Crippen molar-refractivity contribution in [3.8, 4) is 5.75 Å². The van der Waals surface area contributed by atoms with Crippen LogP contribution in [0.1, 0.15) is 10.4 Å². The van der Waals surface area contributed by atoms with Gasteiger partial charge in [-0.3, -0.25) is 4.79 Å². The third-order valence-corrected chi connectivity index (χ3v) is 4.70. The minimum atomic E-state index is -0.188. The zero-order valence-electron chi connectivity index (χ0n) is 13.4. The van der Waals surface area contributed by atoms with E-state index in [0.717, 1.165) is 19.9 Å². The summed E-state index contributed by atoms with van der Waals surface area (Å²) in [5.41, 5.74) is 2.69. The molecule has 4 rings (SSSR count). The molecule has 1 aromatic heterocycles. The first-order chi connectivity index (χ1) is 12.2. The fraction of sp³-hybridized carbons (Fsp3) is 0.0500. The highest BCUT2D eigenvalue weighted by molar-refractivity contribution is 14.1. The van der Waals surface area contributed by atoms with Gasteiger partial charge in [0.25, 0.3) is 5.91 Å². The lowest BCUT2D eigenvalue weighted by Crippen LogP contribution is -2.12. The first-order valence-corrected chi connectivity index (χ1v) is 8.80. The van der Waals surface area contributed by atoms with Gasteiger partial charge in [0.15, 0.2) is 0 Å². The van der Waals surface area contributed by atoms with Crippen molar-refractivity contribution in [1.29, 1.82) is 0 Å². The van der Waals surface area contributed by atoms with Crippen molar-refractivity contribution in [3.63, 3.8) is 0 Å². The molecule has 4 nitrogen and oxygen atoms in total. The summed E-state index contributed by atoms with van der Waals surface area (Å²) in [5, 5.41) is 4.89. The maximum absolute atomic E-state index is 12.5. The summed E-state index contributed by atoms with van der Waals surface area (Å²) in [6.45, 7) is 0. The molecular formula is C20H14INO3. The van der Waals surface area contributed by atoms with Crippen LogP contribution in [0, 0.1) is 3.57 Å². The van der Waals surface area contributed by atoms with E-state index in [9.17, 15) is 4.79 Å². The molecular weight excluding hydrogens is 429 g/mol. The second-order valence-corrected chi connectivity index (χ2v) is 6.86. The Balaban J connectivity index is 1.78. The zero-order valence-corrected chi connectivity index (χ0v) is 15.5. The number of carbonyl (C=O) groups excluding carboxylic acids is 1. The Hall–Kier alpha value is -2.54. The number of methoxy groups -OCH3 is 1. The molecule has 0 fully saturated rings. The number of furan rings is 1. The summed E-state index contributed by atoms with van der Waals surface area (Å²) in [6.07, 6.45) is 0. The number of fused-ring (bicyclic) bond motifs is 3. The second kappa shape index (κ2) is 6.40. The molecule has 3 aromatic carbocycles. The molecule has 0 unspecified atom stereocenters. The van der Waals surface area contributed by atoms with Gasteiger partial charge < -0.3 is 14.5 Å². The van der Waals surface area contributed by atoms with Crippen molar-refractivity contribution in [2.75, 3.05) is 12.4 Å². The second-order valence-electron chi connectivity index (χ2n) is 5.61. The Morgan fingerprint density at radius 1 is 1.00 bits per heavy atom. The average Bonchev–Trinajstić information content (AvgIpc) is 2.98. The van der Waals surface area contributed by atoms with E-state index in [4.69, 9.17) is 9.15 Å². The van der Waals surface area contributed by atoms with Crippen molar-refractivity contribution >= 4 is 56.1 Å². The van der Waals surface area contributed by atoms with Gasteiger partial charge in [0.1, 0.15) is 16.9 Å². The number of hydrogen-bond donors (Lipinski definition) is 1. The summed E-state index contributed by atoms with van der Waals surface area (Å²) >= 11 is 2.18. The number of benzene rings is 3. The van der Waals surface area contributed by atoms with Crippen LogP contribution in [-0.4, -0.2) is 13.0 Å². The van der Waals surface area contributed by atoms with Crippen LogP contribution in [0.2, 0.25) is 0 Å². The van der Waals surface area contributed by atoms with Gasteiger partial charge in [0.2, 0.25) is 0 Å². The number of anilines is 1. The summed E-state index contributed by atoms with van der Waals surface area (Å²) in [4.78, 5) is 12.5. The lowest BCUT2D eigenvalue weighted by Gasteiger charge is -2.10. The molecule has 0 radical (unpaired) electrons. The minimum Gasteiger partial charge on any atom is -0.495 e. The van der Waals surface area contributed by atoms with Crippen LogP contribution < -0.4 is 10.1 Å². The largest absolute Gasteiger partial charge is 0.495 e. The smallest absolute Gasteiger partial charge is 0.255 e. The Morgan fingerprint density at radius 2 is 1.84 bits per heavy atom. The SMILES string of the molecule is COc1cc2c(cc1NC(=O)c1cccc(I)c1)oc1ccccc12. The number of nitrogens with one attached hydrogen (secondary N) is 1. The molecule has 25 heavy (non-hydrogen) atoms. The average molecular weight is 443 g/mol. The molecule has 1 amide bonds. The first kappa shape index (κ1) is 16.0. The van der Waals surface area contributed by atoms with Gasteiger partial charge in [0.05, 0.1) is 12.8 Å². The standard InChI is InChI=1S/C20H14INO3/c1-24-19-10-15-14-7-2-3-8-17(14)25-18(15)11-16(19)22-20(23)12-5-4-6-13(21)9-12/h2-11H,1H3,(H,22,23). The summed E-state index contributed by atoms with van der Waals surface area (Å²) < 4.78 is 12.4. The van der Waals surface area contributed by atoms with E-state index in [0.29, 0.717) is 22.6 Å². The molecule has 0 spiro atoms. The van der Waals surface area contributed by atoms with Crippen LogP contribution >= 0.6 is 22.6 Å². The molecule has 0 saturated carbocycles. The fourth-order valence-electron chi connectivity index (χ4n) is 2.84. The lowest BCUT2D eigenvalue weighted by atomic mass is 10.1. The third kappa shape index (κ3) is 2.95. The molecule has 1 N–H and O–H groups in total. The van der Waals surface area contributed by atoms with Crippen molar-refractivity contribution in [3.05, 3.63) is 69.8 Å². The maximum Gasteiger partial charge on any atom is 0.255 e. The normalized spacial score (nSPS) is 11.0. The molecule has 0 saturated heterocycles. The van der Waals surface area contributed by atoms with Crippen molar-refractivity contribution < 1.29 is 13.9 Å². The monoisotopic (exact) mass is 443 g/mol. The topological polar surface area (TPSA) is 51.5 Å². The van der Waals surface area contributed by atoms with Crippen molar-refractivity contribution in [2.24, 2.45) is 0 Å². The van der Waals surface area contributed by atoms with Gasteiger partial charge in [-0.25, -0.2) is 0 Å². The minimum absolute atomic E-state index is 0.188. The van der Waals surface area contributed by atoms with Crippen LogP contribution in [0.5, 0.6) is 5.75 Å². The van der Waals surface area contributed by atoms with E-state index in [-0.39, 0.29) is 5.91 Å². The summed E-state index contributed by atoms with van der Waals surface area (Å²) in [5.74, 6) is 0.408. The molecule has 0 aliphatic heterocycles. The molecule has 124 valence electrons. The van der Waals surface area contributed by atoms with Gasteiger partial charge in [-0.1, -0.05) is 24.3 Å². The van der Waals surface area contributed by atoms with Gasteiger partial charge in [-0.2, -0.15) is 0 Å². The van der Waals surface area contributed by atoms with Crippen molar-refractivity contribution in [1.82, 2.24) is 0 Å². The van der Waals surface area contributed by atoms with E-state index in [2.05, 4.69) is 27.9 Å². The predicted molar refractivity (Wildman–Crippen MR) is 107 cm³/mol. The van der Waals surface area contributed by atoms with Crippen LogP contribution in [0.15, 0.2) is 65.1 Å². The molecule has 0 bridgehead atoms. The van der Waals surface area contributed by atoms with E-state index >= 15 is 0 Å². The summed E-state index contributed by atoms with van der Waals surface area (Å²) in [6, 6.07) is 18.9. The van der Waals surface area contributed by atoms with E-state index in [1.165, 1.54) is 0 Å². The zero-order chi connectivity index (χ0) is 17.4. The van der Waals surface area contributed by atoms with E-state index < -0.39 is 0 Å². The van der Waals surface area contributed by atoms with E-state index in [1.54, 1.807) is 19.2 Å². The van der Waals surface area contributed by atoms with Crippen LogP contribution in [0.4, 0.5) is 5.69 Å². The highest BCUT2D eigenvalue weighted by Crippen LogP contribution is 2.36. The Morgan fingerprint density at radius 3 is 2.64 bits per heavy atom. The lowest BCUT2D eigenvalue weighted by molar-refractivity contribution is 0.102. The predicted octanol–water partition coefficient (Wildman–Crippen LogP) is 5.45. The number of hydrogen-bond acceptors (Lipinski definition) is 3. The van der Waals surface area contributed by atoms with Crippen LogP contribution in [0.3, 0.4) is 0 Å². The first-order valence-electron chi connectivity index (χ1n) is 7.72. The summed E-state index contributed by atoms with van der Waals surface area (Å²) in [7, 11) is 1.59. The number of para-hydroxylation sites is 1. The number of halogens is 1. The maximum atomic E-state index is 12.5. The molecule has 0 atom stereocenters.